The third kappa shape index (κ3) is 4.55. The summed E-state index contributed by atoms with van der Waals surface area (Å²) in [5, 5.41) is 10.2. The average molecular weight is 244 g/mol. The molecule has 0 aromatic heterocycles. The summed E-state index contributed by atoms with van der Waals surface area (Å²) in [4.78, 5) is 0. The lowest BCUT2D eigenvalue weighted by Crippen LogP contribution is -2.24. The Morgan fingerprint density at radius 2 is 2.00 bits per heavy atom. The Morgan fingerprint density at radius 3 is 2.56 bits per heavy atom. The zero-order valence-electron chi connectivity index (χ0n) is 12.2. The van der Waals surface area contributed by atoms with Crippen LogP contribution in [-0.4, -0.2) is 10.7 Å². The van der Waals surface area contributed by atoms with Crippen molar-refractivity contribution in [2.24, 2.45) is 5.92 Å². The van der Waals surface area contributed by atoms with Crippen LogP contribution in [0.1, 0.15) is 50.3 Å². The largest absolute Gasteiger partial charge is 0.378 e. The third-order valence-electron chi connectivity index (χ3n) is 3.29. The smallest absolute Gasteiger partial charge is 0.123 e. The molecule has 0 saturated heterocycles. The highest BCUT2D eigenvalue weighted by atomic mass is 16.3. The predicted molar refractivity (Wildman–Crippen MR) is 77.5 cm³/mol. The van der Waals surface area contributed by atoms with E-state index < -0.39 is 5.60 Å². The van der Waals surface area contributed by atoms with Crippen molar-refractivity contribution >= 4 is 0 Å². The molecule has 0 heterocycles. The van der Waals surface area contributed by atoms with Gasteiger partial charge < -0.3 is 5.11 Å². The van der Waals surface area contributed by atoms with Gasteiger partial charge in [-0.2, -0.15) is 0 Å². The lowest BCUT2D eigenvalue weighted by molar-refractivity contribution is 0.0939. The van der Waals surface area contributed by atoms with Crippen LogP contribution in [0.3, 0.4) is 0 Å². The highest BCUT2D eigenvalue weighted by molar-refractivity contribution is 5.43. The molecule has 0 amide bonds. The van der Waals surface area contributed by atoms with E-state index in [0.29, 0.717) is 5.92 Å². The van der Waals surface area contributed by atoms with Crippen LogP contribution in [0.15, 0.2) is 18.2 Å². The normalized spacial score (nSPS) is 15.4. The molecule has 0 saturated carbocycles. The van der Waals surface area contributed by atoms with Gasteiger partial charge in [0.05, 0.1) is 0 Å². The Kier molecular flexibility index (Phi) is 4.99. The van der Waals surface area contributed by atoms with Crippen LogP contribution in [0.25, 0.3) is 0 Å². The minimum absolute atomic E-state index is 0.494. The molecule has 0 bridgehead atoms. The van der Waals surface area contributed by atoms with Gasteiger partial charge >= 0.3 is 0 Å². The molecule has 98 valence electrons. The van der Waals surface area contributed by atoms with E-state index in [9.17, 15) is 5.11 Å². The molecule has 18 heavy (non-hydrogen) atoms. The van der Waals surface area contributed by atoms with Crippen LogP contribution in [-0.2, 0) is 0 Å². The maximum Gasteiger partial charge on any atom is 0.123 e. The molecular formula is C17H24O. The molecule has 0 aliphatic carbocycles. The zero-order chi connectivity index (χ0) is 13.8. The quantitative estimate of drug-likeness (QED) is 0.801. The summed E-state index contributed by atoms with van der Waals surface area (Å²) >= 11 is 0. The van der Waals surface area contributed by atoms with Crippen molar-refractivity contribution in [1.29, 1.82) is 0 Å². The van der Waals surface area contributed by atoms with E-state index in [0.717, 1.165) is 18.4 Å². The zero-order valence-corrected chi connectivity index (χ0v) is 12.2. The number of aryl methyl sites for hydroxylation is 2. The molecule has 0 aliphatic heterocycles. The van der Waals surface area contributed by atoms with Crippen molar-refractivity contribution in [3.63, 3.8) is 0 Å². The molecule has 1 nitrogen and oxygen atoms in total. The minimum Gasteiger partial charge on any atom is -0.378 e. The topological polar surface area (TPSA) is 20.2 Å². The Labute approximate surface area is 111 Å². The van der Waals surface area contributed by atoms with Crippen molar-refractivity contribution in [1.82, 2.24) is 0 Å². The summed E-state index contributed by atoms with van der Waals surface area (Å²) in [5.74, 6) is 6.61. The first kappa shape index (κ1) is 14.8. The second kappa shape index (κ2) is 6.07. The van der Waals surface area contributed by atoms with Gasteiger partial charge in [0.1, 0.15) is 5.60 Å². The molecule has 1 aromatic carbocycles. The molecule has 0 aliphatic rings. The van der Waals surface area contributed by atoms with E-state index >= 15 is 0 Å². The van der Waals surface area contributed by atoms with Gasteiger partial charge in [0.2, 0.25) is 0 Å². The van der Waals surface area contributed by atoms with E-state index in [1.165, 1.54) is 11.1 Å². The maximum atomic E-state index is 10.2. The molecule has 1 heteroatoms. The summed E-state index contributed by atoms with van der Waals surface area (Å²) in [6, 6.07) is 6.20. The molecule has 1 N–H and O–H groups in total. The number of rotatable bonds is 3. The van der Waals surface area contributed by atoms with Gasteiger partial charge in [0, 0.05) is 5.56 Å². The van der Waals surface area contributed by atoms with Gasteiger partial charge in [0.15, 0.2) is 0 Å². The summed E-state index contributed by atoms with van der Waals surface area (Å²) in [5.41, 5.74) is 2.52. The average Bonchev–Trinajstić information content (AvgIpc) is 2.27. The second-order valence-corrected chi connectivity index (χ2v) is 5.56. The molecule has 0 fully saturated rings. The van der Waals surface area contributed by atoms with Crippen molar-refractivity contribution in [3.05, 3.63) is 34.9 Å². The predicted octanol–water partition coefficient (Wildman–Crippen LogP) is 3.84. The first-order valence-corrected chi connectivity index (χ1v) is 6.67. The molecule has 0 spiro atoms. The Balaban J connectivity index is 2.86. The molecule has 2 unspecified atom stereocenters. The lowest BCUT2D eigenvalue weighted by atomic mass is 9.91. The van der Waals surface area contributed by atoms with Crippen LogP contribution in [0.2, 0.25) is 0 Å². The Hall–Kier alpha value is -1.26. The molecule has 2 atom stereocenters. The first-order valence-electron chi connectivity index (χ1n) is 6.67. The van der Waals surface area contributed by atoms with Crippen LogP contribution in [0.5, 0.6) is 0 Å². The summed E-state index contributed by atoms with van der Waals surface area (Å²) < 4.78 is 0. The second-order valence-electron chi connectivity index (χ2n) is 5.56. The first-order chi connectivity index (χ1) is 8.34. The highest BCUT2D eigenvalue weighted by Crippen LogP contribution is 2.18. The number of hydrogen-bond acceptors (Lipinski definition) is 1. The molecule has 1 rings (SSSR count). The SMILES string of the molecule is CCC(C)CC(C)(O)C#Cc1ccc(C)cc1C. The molecular weight excluding hydrogens is 220 g/mol. The summed E-state index contributed by atoms with van der Waals surface area (Å²) in [6.45, 7) is 10.2. The van der Waals surface area contributed by atoms with Gasteiger partial charge in [0.25, 0.3) is 0 Å². The lowest BCUT2D eigenvalue weighted by Gasteiger charge is -2.20. The summed E-state index contributed by atoms with van der Waals surface area (Å²) in [6.07, 6.45) is 1.79. The maximum absolute atomic E-state index is 10.2. The Morgan fingerprint density at radius 1 is 1.33 bits per heavy atom. The van der Waals surface area contributed by atoms with Crippen molar-refractivity contribution in [3.8, 4) is 11.8 Å². The fourth-order valence-corrected chi connectivity index (χ4v) is 2.03. The van der Waals surface area contributed by atoms with Gasteiger partial charge in [-0.3, -0.25) is 0 Å². The van der Waals surface area contributed by atoms with Crippen molar-refractivity contribution in [2.45, 2.75) is 53.1 Å². The minimum atomic E-state index is -0.896. The van der Waals surface area contributed by atoms with E-state index in [2.05, 4.69) is 51.7 Å². The van der Waals surface area contributed by atoms with E-state index in [1.807, 2.05) is 6.07 Å². The van der Waals surface area contributed by atoms with Crippen molar-refractivity contribution < 1.29 is 5.11 Å². The number of hydrogen-bond donors (Lipinski definition) is 1. The van der Waals surface area contributed by atoms with Gasteiger partial charge in [-0.05, 0) is 44.7 Å². The Bertz CT molecular complexity index is 460. The van der Waals surface area contributed by atoms with Crippen molar-refractivity contribution in [2.75, 3.05) is 0 Å². The van der Waals surface area contributed by atoms with Gasteiger partial charge in [-0.15, -0.1) is 0 Å². The van der Waals surface area contributed by atoms with Gasteiger partial charge in [-0.1, -0.05) is 49.8 Å². The van der Waals surface area contributed by atoms with E-state index in [1.54, 1.807) is 6.92 Å². The van der Waals surface area contributed by atoms with Crippen LogP contribution >= 0.6 is 0 Å². The van der Waals surface area contributed by atoms with Crippen LogP contribution in [0, 0.1) is 31.6 Å². The van der Waals surface area contributed by atoms with Crippen LogP contribution < -0.4 is 0 Å². The standard InChI is InChI=1S/C17H24O/c1-6-13(2)12-17(5,18)10-9-16-8-7-14(3)11-15(16)4/h7-8,11,13,18H,6,12H2,1-5H3. The summed E-state index contributed by atoms with van der Waals surface area (Å²) in [7, 11) is 0. The molecule has 0 radical (unpaired) electrons. The van der Waals surface area contributed by atoms with E-state index in [4.69, 9.17) is 0 Å². The van der Waals surface area contributed by atoms with Crippen LogP contribution in [0.4, 0.5) is 0 Å². The number of aliphatic hydroxyl groups is 1. The fraction of sp³-hybridized carbons (Fsp3) is 0.529. The third-order valence-corrected chi connectivity index (χ3v) is 3.29. The fourth-order valence-electron chi connectivity index (χ4n) is 2.03. The number of benzene rings is 1. The monoisotopic (exact) mass is 244 g/mol. The molecule has 1 aromatic rings. The van der Waals surface area contributed by atoms with E-state index in [-0.39, 0.29) is 0 Å². The highest BCUT2D eigenvalue weighted by Gasteiger charge is 2.19. The van der Waals surface area contributed by atoms with Gasteiger partial charge in [-0.25, -0.2) is 0 Å².